The van der Waals surface area contributed by atoms with Crippen LogP contribution in [0.15, 0.2) is 115 Å². The Kier molecular flexibility index (Phi) is 17.7. The molecule has 0 unspecified atom stereocenters. The van der Waals surface area contributed by atoms with E-state index in [4.69, 9.17) is 25.2 Å². The zero-order chi connectivity index (χ0) is 37.5. The lowest BCUT2D eigenvalue weighted by atomic mass is 9.95. The first kappa shape index (κ1) is 40.4. The molecule has 0 bridgehead atoms. The van der Waals surface area contributed by atoms with Gasteiger partial charge in [0.05, 0.1) is 13.2 Å². The van der Waals surface area contributed by atoms with Crippen LogP contribution in [0.5, 0.6) is 11.5 Å². The lowest BCUT2D eigenvalue weighted by Crippen LogP contribution is -1.95. The van der Waals surface area contributed by atoms with E-state index in [-0.39, 0.29) is 32.2 Å². The zero-order valence-corrected chi connectivity index (χ0v) is 30.3. The zero-order valence-electron chi connectivity index (χ0n) is 30.3. The Bertz CT molecular complexity index is 1860. The summed E-state index contributed by atoms with van der Waals surface area (Å²) in [6, 6.07) is 37.9. The van der Waals surface area contributed by atoms with Crippen molar-refractivity contribution in [2.45, 2.75) is 58.0 Å². The van der Waals surface area contributed by atoms with Gasteiger partial charge in [0, 0.05) is 37.2 Å². The van der Waals surface area contributed by atoms with Crippen LogP contribution in [0.1, 0.15) is 66.3 Å². The smallest absolute Gasteiger partial charge is 0.119 e. The molecule has 0 atom stereocenters. The van der Waals surface area contributed by atoms with E-state index < -0.39 is 0 Å². The second kappa shape index (κ2) is 23.3. The average Bonchev–Trinajstić information content (AvgIpc) is 3.18. The molecule has 5 N–H and O–H groups in total. The predicted octanol–water partition coefficient (Wildman–Crippen LogP) is 8.09. The number of hydrogen-bond acceptors (Lipinski definition) is 6. The van der Waals surface area contributed by atoms with Crippen molar-refractivity contribution in [2.24, 2.45) is 0 Å². The average molecular weight is 711 g/mol. The van der Waals surface area contributed by atoms with Gasteiger partial charge < -0.3 is 30.3 Å². The van der Waals surface area contributed by atoms with E-state index in [1.54, 1.807) is 12.1 Å². The number of ether oxygens (including phenoxy) is 1. The normalized spacial score (nSPS) is 10.3. The van der Waals surface area contributed by atoms with Gasteiger partial charge in [-0.3, -0.25) is 0 Å². The third kappa shape index (κ3) is 14.7. The summed E-state index contributed by atoms with van der Waals surface area (Å²) in [7, 11) is 0. The van der Waals surface area contributed by atoms with Crippen LogP contribution in [0.4, 0.5) is 0 Å². The molecule has 6 nitrogen and oxygen atoms in total. The van der Waals surface area contributed by atoms with E-state index in [0.717, 1.165) is 83.2 Å². The Morgan fingerprint density at radius 1 is 0.453 bits per heavy atom. The number of hydrogen-bond donors (Lipinski definition) is 5. The topological polar surface area (TPSA) is 110 Å². The van der Waals surface area contributed by atoms with Gasteiger partial charge in [0.25, 0.3) is 0 Å². The van der Waals surface area contributed by atoms with Crippen LogP contribution < -0.4 is 4.74 Å². The Labute approximate surface area is 314 Å². The number of unbranched alkanes of at least 4 members (excludes halogenated alkanes) is 2. The van der Waals surface area contributed by atoms with Crippen LogP contribution in [-0.4, -0.2) is 52.0 Å². The fraction of sp³-hybridized carbons (Fsp3) is 0.277. The van der Waals surface area contributed by atoms with E-state index in [1.165, 1.54) is 11.1 Å². The molecule has 0 aliphatic heterocycles. The summed E-state index contributed by atoms with van der Waals surface area (Å²) >= 11 is 0. The second-order valence-corrected chi connectivity index (χ2v) is 12.6. The van der Waals surface area contributed by atoms with Crippen LogP contribution in [0, 0.1) is 23.7 Å². The summed E-state index contributed by atoms with van der Waals surface area (Å²) in [6.45, 7) is 1.09. The van der Waals surface area contributed by atoms with E-state index in [1.807, 2.05) is 84.9 Å². The molecule has 5 rings (SSSR count). The number of phenolic OH excluding ortho intramolecular Hbond substituents is 1. The summed E-state index contributed by atoms with van der Waals surface area (Å²) in [6.07, 6.45) is 6.38. The maximum absolute atomic E-state index is 9.45. The molecular formula is C47H50O6. The lowest BCUT2D eigenvalue weighted by Gasteiger charge is -2.11. The van der Waals surface area contributed by atoms with Gasteiger partial charge >= 0.3 is 0 Å². The largest absolute Gasteiger partial charge is 0.508 e. The maximum Gasteiger partial charge on any atom is 0.119 e. The molecule has 0 aromatic heterocycles. The number of rotatable bonds is 15. The number of aromatic hydroxyl groups is 1. The molecule has 0 aliphatic carbocycles. The molecule has 53 heavy (non-hydrogen) atoms. The molecule has 0 fully saturated rings. The first-order chi connectivity index (χ1) is 26.0. The minimum Gasteiger partial charge on any atom is -0.508 e. The summed E-state index contributed by atoms with van der Waals surface area (Å²) in [4.78, 5) is 0. The highest BCUT2D eigenvalue weighted by Gasteiger charge is 2.06. The number of benzene rings is 5. The van der Waals surface area contributed by atoms with E-state index in [2.05, 4.69) is 41.9 Å². The molecule has 5 aromatic carbocycles. The monoisotopic (exact) mass is 710 g/mol. The molecule has 274 valence electrons. The highest BCUT2D eigenvalue weighted by atomic mass is 16.5. The molecule has 0 aliphatic rings. The number of aliphatic hydroxyl groups is 4. The first-order valence-corrected chi connectivity index (χ1v) is 18.3. The predicted molar refractivity (Wildman–Crippen MR) is 213 cm³/mol. The van der Waals surface area contributed by atoms with Gasteiger partial charge in [-0.2, -0.15) is 0 Å². The quantitative estimate of drug-likeness (QED) is 0.0555. The summed E-state index contributed by atoms with van der Waals surface area (Å²) < 4.78 is 5.87. The second-order valence-electron chi connectivity index (χ2n) is 12.6. The fourth-order valence-corrected chi connectivity index (χ4v) is 5.62. The summed E-state index contributed by atoms with van der Waals surface area (Å²) in [5.41, 5.74) is 9.68. The summed E-state index contributed by atoms with van der Waals surface area (Å²) in [5.74, 6) is 13.2. The van der Waals surface area contributed by atoms with Crippen LogP contribution in [-0.2, 0) is 19.4 Å². The van der Waals surface area contributed by atoms with Crippen LogP contribution >= 0.6 is 0 Å². The minimum atomic E-state index is 0.0420. The Morgan fingerprint density at radius 3 is 1.47 bits per heavy atom. The molecule has 0 saturated heterocycles. The molecule has 5 aromatic rings. The Morgan fingerprint density at radius 2 is 0.962 bits per heavy atom. The van der Waals surface area contributed by atoms with Crippen molar-refractivity contribution in [1.82, 2.24) is 0 Å². The third-order valence-corrected chi connectivity index (χ3v) is 8.31. The molecule has 0 radical (unpaired) electrons. The highest BCUT2D eigenvalue weighted by molar-refractivity contribution is 5.69. The molecule has 6 heteroatoms. The van der Waals surface area contributed by atoms with Crippen molar-refractivity contribution in [3.63, 3.8) is 0 Å². The van der Waals surface area contributed by atoms with Crippen molar-refractivity contribution >= 4 is 0 Å². The highest BCUT2D eigenvalue weighted by Crippen LogP contribution is 2.27. The maximum atomic E-state index is 9.45. The third-order valence-electron chi connectivity index (χ3n) is 8.31. The van der Waals surface area contributed by atoms with Crippen molar-refractivity contribution in [3.05, 3.63) is 143 Å². The Balaban J connectivity index is 0.000000245. The van der Waals surface area contributed by atoms with Crippen molar-refractivity contribution in [2.75, 3.05) is 26.4 Å². The van der Waals surface area contributed by atoms with E-state index in [9.17, 15) is 5.11 Å². The van der Waals surface area contributed by atoms with E-state index >= 15 is 0 Å². The standard InChI is InChI=1S/C27H24O3.C20H26O3/c28-16-6-4-10-23-18-24(11-5-7-17-29)20-26(19-23)25-12-14-27(15-13-25)30-21-22-8-2-1-3-9-22;21-11-3-1-5-16-13-17(6-2-4-12-22)15-19(14-16)18-7-9-20(23)10-8-18/h1-3,8-9,12-15,18-20,28-29H,6-7,16-17,21H2;7-10,13-15,21-23H,1-6,11-12H2. The van der Waals surface area contributed by atoms with Crippen LogP contribution in [0.3, 0.4) is 0 Å². The van der Waals surface area contributed by atoms with Crippen molar-refractivity contribution in [3.8, 4) is 57.4 Å². The number of phenols is 1. The number of aryl methyl sites for hydroxylation is 2. The molecule has 0 amide bonds. The van der Waals surface area contributed by atoms with Crippen LogP contribution in [0.2, 0.25) is 0 Å². The van der Waals surface area contributed by atoms with Gasteiger partial charge in [0.2, 0.25) is 0 Å². The van der Waals surface area contributed by atoms with Gasteiger partial charge in [0.15, 0.2) is 0 Å². The van der Waals surface area contributed by atoms with Gasteiger partial charge in [-0.1, -0.05) is 96.5 Å². The van der Waals surface area contributed by atoms with Gasteiger partial charge in [0.1, 0.15) is 18.1 Å². The van der Waals surface area contributed by atoms with E-state index in [0.29, 0.717) is 19.4 Å². The SMILES string of the molecule is OCCC#Cc1cc(C#CCCO)cc(-c2ccc(OCc3ccccc3)cc2)c1.OCCCCc1cc(CCCCO)cc(-c2ccc(O)cc2)c1. The Hall–Kier alpha value is -5.34. The molecular weight excluding hydrogens is 661 g/mol. The van der Waals surface area contributed by atoms with Gasteiger partial charge in [-0.25, -0.2) is 0 Å². The lowest BCUT2D eigenvalue weighted by molar-refractivity contribution is 0.284. The van der Waals surface area contributed by atoms with Crippen molar-refractivity contribution in [1.29, 1.82) is 0 Å². The van der Waals surface area contributed by atoms with Crippen molar-refractivity contribution < 1.29 is 30.3 Å². The van der Waals surface area contributed by atoms with Crippen LogP contribution in [0.25, 0.3) is 22.3 Å². The van der Waals surface area contributed by atoms with Gasteiger partial charge in [-0.05, 0) is 120 Å². The first-order valence-electron chi connectivity index (χ1n) is 18.3. The minimum absolute atomic E-state index is 0.0420. The summed E-state index contributed by atoms with van der Waals surface area (Å²) in [5, 5.41) is 45.3. The molecule has 0 heterocycles. The fourth-order valence-electron chi connectivity index (χ4n) is 5.62. The molecule has 0 saturated carbocycles. The molecule has 0 spiro atoms. The number of aliphatic hydroxyl groups excluding tert-OH is 4. The van der Waals surface area contributed by atoms with Gasteiger partial charge in [-0.15, -0.1) is 0 Å².